The Morgan fingerprint density at radius 1 is 1.56 bits per heavy atom. The van der Waals surface area contributed by atoms with Crippen molar-refractivity contribution in [2.24, 2.45) is 0 Å². The lowest BCUT2D eigenvalue weighted by Gasteiger charge is -2.08. The Labute approximate surface area is 99.4 Å². The minimum atomic E-state index is -0.323. The first-order valence-corrected chi connectivity index (χ1v) is 6.21. The van der Waals surface area contributed by atoms with E-state index >= 15 is 0 Å². The highest BCUT2D eigenvalue weighted by molar-refractivity contribution is 7.15. The van der Waals surface area contributed by atoms with Crippen LogP contribution in [0.2, 0.25) is 0 Å². The van der Waals surface area contributed by atoms with E-state index in [4.69, 9.17) is 4.74 Å². The summed E-state index contributed by atoms with van der Waals surface area (Å²) in [6, 6.07) is 1.79. The van der Waals surface area contributed by atoms with Crippen molar-refractivity contribution in [3.8, 4) is 0 Å². The third-order valence-corrected chi connectivity index (χ3v) is 3.56. The van der Waals surface area contributed by atoms with E-state index in [-0.39, 0.29) is 11.9 Å². The number of ether oxygens (including phenoxy) is 1. The van der Waals surface area contributed by atoms with Gasteiger partial charge in [-0.15, -0.1) is 11.3 Å². The molecular formula is C12H16O3S. The number of hydrogen-bond acceptors (Lipinski definition) is 4. The van der Waals surface area contributed by atoms with Gasteiger partial charge in [-0.1, -0.05) is 13.8 Å². The summed E-state index contributed by atoms with van der Waals surface area (Å²) in [7, 11) is 0. The van der Waals surface area contributed by atoms with Crippen LogP contribution in [0, 0.1) is 0 Å². The topological polar surface area (TPSA) is 43.4 Å². The van der Waals surface area contributed by atoms with E-state index in [9.17, 15) is 9.59 Å². The second kappa shape index (κ2) is 5.80. The molecule has 3 nitrogen and oxygen atoms in total. The van der Waals surface area contributed by atoms with Crippen LogP contribution in [-0.2, 0) is 4.74 Å². The van der Waals surface area contributed by atoms with E-state index in [1.807, 2.05) is 6.92 Å². The monoisotopic (exact) mass is 240 g/mol. The molecule has 1 atom stereocenters. The fraction of sp³-hybridized carbons (Fsp3) is 0.500. The van der Waals surface area contributed by atoms with Crippen molar-refractivity contribution < 1.29 is 14.3 Å². The van der Waals surface area contributed by atoms with Gasteiger partial charge in [0.1, 0.15) is 4.88 Å². The zero-order valence-corrected chi connectivity index (χ0v) is 10.6. The summed E-state index contributed by atoms with van der Waals surface area (Å²) in [5, 5.41) is 0. The summed E-state index contributed by atoms with van der Waals surface area (Å²) in [6.07, 6.45) is 1.71. The van der Waals surface area contributed by atoms with Crippen LogP contribution in [0.1, 0.15) is 58.0 Å². The van der Waals surface area contributed by atoms with Crippen LogP contribution in [0.5, 0.6) is 0 Å². The Morgan fingerprint density at radius 3 is 2.75 bits per heavy atom. The van der Waals surface area contributed by atoms with E-state index in [1.165, 1.54) is 11.3 Å². The Balaban J connectivity index is 3.09. The van der Waals surface area contributed by atoms with Gasteiger partial charge < -0.3 is 4.74 Å². The molecule has 16 heavy (non-hydrogen) atoms. The van der Waals surface area contributed by atoms with Gasteiger partial charge in [0.2, 0.25) is 0 Å². The van der Waals surface area contributed by atoms with Gasteiger partial charge in [0.25, 0.3) is 0 Å². The molecular weight excluding hydrogens is 224 g/mol. The molecule has 0 aliphatic carbocycles. The predicted octanol–water partition coefficient (Wildman–Crippen LogP) is 3.25. The number of aldehydes is 1. The molecule has 1 aromatic heterocycles. The number of esters is 1. The average molecular weight is 240 g/mol. The standard InChI is InChI=1S/C12H16O3S/c1-4-8(3)10-6-9(7-13)16-11(10)12(14)15-5-2/h6-8H,4-5H2,1-3H3. The molecule has 0 aliphatic heterocycles. The minimum absolute atomic E-state index is 0.268. The molecule has 1 unspecified atom stereocenters. The van der Waals surface area contributed by atoms with Crippen LogP contribution >= 0.6 is 11.3 Å². The largest absolute Gasteiger partial charge is 0.462 e. The molecule has 1 rings (SSSR count). The van der Waals surface area contributed by atoms with E-state index in [0.717, 1.165) is 18.3 Å². The maximum Gasteiger partial charge on any atom is 0.348 e. The lowest BCUT2D eigenvalue weighted by atomic mass is 9.99. The molecule has 0 saturated carbocycles. The summed E-state index contributed by atoms with van der Waals surface area (Å²) in [5.41, 5.74) is 0.924. The van der Waals surface area contributed by atoms with E-state index in [0.29, 0.717) is 16.4 Å². The smallest absolute Gasteiger partial charge is 0.348 e. The maximum atomic E-state index is 11.7. The molecule has 1 heterocycles. The summed E-state index contributed by atoms with van der Waals surface area (Å²) < 4.78 is 4.98. The first-order chi connectivity index (χ1) is 7.63. The molecule has 0 bridgehead atoms. The average Bonchev–Trinajstić information content (AvgIpc) is 2.72. The number of carbonyl (C=O) groups is 2. The summed E-state index contributed by atoms with van der Waals surface area (Å²) in [4.78, 5) is 23.6. The lowest BCUT2D eigenvalue weighted by Crippen LogP contribution is -2.06. The van der Waals surface area contributed by atoms with Crippen LogP contribution in [-0.4, -0.2) is 18.9 Å². The van der Waals surface area contributed by atoms with Crippen molar-refractivity contribution in [3.05, 3.63) is 21.4 Å². The van der Waals surface area contributed by atoms with Crippen LogP contribution in [0.25, 0.3) is 0 Å². The molecule has 0 radical (unpaired) electrons. The molecule has 0 fully saturated rings. The third-order valence-electron chi connectivity index (χ3n) is 2.50. The van der Waals surface area contributed by atoms with Crippen LogP contribution in [0.3, 0.4) is 0 Å². The van der Waals surface area contributed by atoms with Gasteiger partial charge in [-0.3, -0.25) is 4.79 Å². The van der Waals surface area contributed by atoms with E-state index in [2.05, 4.69) is 6.92 Å². The highest BCUT2D eigenvalue weighted by Gasteiger charge is 2.20. The fourth-order valence-electron chi connectivity index (χ4n) is 1.43. The SMILES string of the molecule is CCOC(=O)c1sc(C=O)cc1C(C)CC. The molecule has 0 aliphatic rings. The predicted molar refractivity (Wildman–Crippen MR) is 64.4 cm³/mol. The van der Waals surface area contributed by atoms with Crippen LogP contribution in [0.15, 0.2) is 6.07 Å². The maximum absolute atomic E-state index is 11.7. The van der Waals surface area contributed by atoms with Crippen LogP contribution < -0.4 is 0 Å². The molecule has 0 amide bonds. The molecule has 1 aromatic rings. The Kier molecular flexibility index (Phi) is 4.68. The molecule has 0 aromatic carbocycles. The quantitative estimate of drug-likeness (QED) is 0.586. The van der Waals surface area contributed by atoms with Crippen molar-refractivity contribution in [1.29, 1.82) is 0 Å². The van der Waals surface area contributed by atoms with Crippen molar-refractivity contribution in [2.75, 3.05) is 6.61 Å². The summed E-state index contributed by atoms with van der Waals surface area (Å²) >= 11 is 1.21. The van der Waals surface area contributed by atoms with E-state index < -0.39 is 0 Å². The summed E-state index contributed by atoms with van der Waals surface area (Å²) in [5.74, 6) is -0.0553. The highest BCUT2D eigenvalue weighted by atomic mass is 32.1. The Bertz CT molecular complexity index is 382. The lowest BCUT2D eigenvalue weighted by molar-refractivity contribution is 0.0530. The second-order valence-electron chi connectivity index (χ2n) is 3.58. The number of thiophene rings is 1. The van der Waals surface area contributed by atoms with Crippen molar-refractivity contribution in [3.63, 3.8) is 0 Å². The zero-order chi connectivity index (χ0) is 12.1. The van der Waals surface area contributed by atoms with Crippen LogP contribution in [0.4, 0.5) is 0 Å². The van der Waals surface area contributed by atoms with Gasteiger partial charge in [-0.2, -0.15) is 0 Å². The zero-order valence-electron chi connectivity index (χ0n) is 9.78. The first kappa shape index (κ1) is 12.9. The van der Waals surface area contributed by atoms with Gasteiger partial charge in [0, 0.05) is 0 Å². The highest BCUT2D eigenvalue weighted by Crippen LogP contribution is 2.30. The van der Waals surface area contributed by atoms with Gasteiger partial charge in [0.15, 0.2) is 6.29 Å². The molecule has 4 heteroatoms. The third kappa shape index (κ3) is 2.70. The Morgan fingerprint density at radius 2 is 2.25 bits per heavy atom. The minimum Gasteiger partial charge on any atom is -0.462 e. The van der Waals surface area contributed by atoms with Gasteiger partial charge in [-0.25, -0.2) is 4.79 Å². The first-order valence-electron chi connectivity index (χ1n) is 5.40. The molecule has 0 N–H and O–H groups in total. The van der Waals surface area contributed by atoms with Crippen molar-refractivity contribution in [2.45, 2.75) is 33.1 Å². The summed E-state index contributed by atoms with van der Waals surface area (Å²) in [6.45, 7) is 6.22. The van der Waals surface area contributed by atoms with Gasteiger partial charge >= 0.3 is 5.97 Å². The van der Waals surface area contributed by atoms with Crippen molar-refractivity contribution >= 4 is 23.6 Å². The molecule has 0 spiro atoms. The number of hydrogen-bond donors (Lipinski definition) is 0. The molecule has 0 saturated heterocycles. The van der Waals surface area contributed by atoms with Gasteiger partial charge in [-0.05, 0) is 30.9 Å². The number of carbonyl (C=O) groups excluding carboxylic acids is 2. The van der Waals surface area contributed by atoms with Gasteiger partial charge in [0.05, 0.1) is 11.5 Å². The normalized spacial score (nSPS) is 12.2. The second-order valence-corrected chi connectivity index (χ2v) is 4.66. The van der Waals surface area contributed by atoms with Crippen molar-refractivity contribution in [1.82, 2.24) is 0 Å². The fourth-order valence-corrected chi connectivity index (χ4v) is 2.42. The number of rotatable bonds is 5. The van der Waals surface area contributed by atoms with E-state index in [1.54, 1.807) is 13.0 Å². The Hall–Kier alpha value is -1.16. The molecule has 88 valence electrons.